The van der Waals surface area contributed by atoms with Gasteiger partial charge in [-0.3, -0.25) is 9.59 Å². The van der Waals surface area contributed by atoms with E-state index in [0.29, 0.717) is 34.8 Å². The Morgan fingerprint density at radius 1 is 1.00 bits per heavy atom. The maximum atomic E-state index is 14.4. The Kier molecular flexibility index (Phi) is 5.71. The molecule has 0 aromatic heterocycles. The summed E-state index contributed by atoms with van der Waals surface area (Å²) in [6.07, 6.45) is 0. The fraction of sp³-hybridized carbons (Fsp3) is 0.200. The fourth-order valence-corrected chi connectivity index (χ4v) is 3.94. The number of rotatable bonds is 4. The van der Waals surface area contributed by atoms with Crippen LogP contribution in [-0.2, 0) is 9.59 Å². The number of halogens is 1. The van der Waals surface area contributed by atoms with Crippen LogP contribution in [0.4, 0.5) is 15.8 Å². The summed E-state index contributed by atoms with van der Waals surface area (Å²) >= 11 is 0. The topological polar surface area (TPSA) is 49.9 Å². The SMILES string of the molecule is CC(=O)N1c2ccc(-c3ccccc3F)cc2N(C(=O)COc2ccccc2)C[C@@H]1C. The first-order chi connectivity index (χ1) is 15.0. The van der Waals surface area contributed by atoms with Gasteiger partial charge in [-0.1, -0.05) is 42.5 Å². The number of hydrogen-bond acceptors (Lipinski definition) is 3. The van der Waals surface area contributed by atoms with E-state index in [1.165, 1.54) is 13.0 Å². The van der Waals surface area contributed by atoms with Gasteiger partial charge in [0.25, 0.3) is 5.91 Å². The summed E-state index contributed by atoms with van der Waals surface area (Å²) in [6.45, 7) is 3.58. The molecule has 5 nitrogen and oxygen atoms in total. The number of ether oxygens (including phenoxy) is 1. The lowest BCUT2D eigenvalue weighted by Crippen LogP contribution is -2.52. The number of anilines is 2. The first-order valence-corrected chi connectivity index (χ1v) is 10.1. The van der Waals surface area contributed by atoms with Crippen molar-refractivity contribution < 1.29 is 18.7 Å². The molecule has 1 atom stereocenters. The number of nitrogens with zero attached hydrogens (tertiary/aromatic N) is 2. The predicted octanol–water partition coefficient (Wildman–Crippen LogP) is 4.66. The molecule has 158 valence electrons. The number of carbonyl (C=O) groups excluding carboxylic acids is 2. The summed E-state index contributed by atoms with van der Waals surface area (Å²) in [5.74, 6) is -0.0854. The molecule has 1 heterocycles. The first-order valence-electron chi connectivity index (χ1n) is 10.1. The van der Waals surface area contributed by atoms with Crippen LogP contribution in [0.1, 0.15) is 13.8 Å². The Morgan fingerprint density at radius 2 is 1.71 bits per heavy atom. The van der Waals surface area contributed by atoms with Crippen LogP contribution >= 0.6 is 0 Å². The molecular formula is C25H23FN2O3. The summed E-state index contributed by atoms with van der Waals surface area (Å²) in [7, 11) is 0. The zero-order valence-electron chi connectivity index (χ0n) is 17.4. The van der Waals surface area contributed by atoms with Crippen molar-refractivity contribution in [2.75, 3.05) is 23.0 Å². The van der Waals surface area contributed by atoms with Gasteiger partial charge in [0.1, 0.15) is 11.6 Å². The minimum Gasteiger partial charge on any atom is -0.484 e. The molecule has 2 amide bonds. The largest absolute Gasteiger partial charge is 0.484 e. The third kappa shape index (κ3) is 4.14. The van der Waals surface area contributed by atoms with Crippen molar-refractivity contribution in [3.63, 3.8) is 0 Å². The summed E-state index contributed by atoms with van der Waals surface area (Å²) in [6, 6.07) is 20.7. The smallest absolute Gasteiger partial charge is 0.265 e. The zero-order chi connectivity index (χ0) is 22.0. The molecule has 31 heavy (non-hydrogen) atoms. The standard InChI is InChI=1S/C25H23FN2O3/c1-17-15-27(25(30)16-31-20-8-4-3-5-9-20)24-14-19(21-10-6-7-11-22(21)26)12-13-23(24)28(17)18(2)29/h3-14,17H,15-16H2,1-2H3/t17-/m0/s1. The molecule has 1 aliphatic rings. The number of amides is 2. The van der Waals surface area contributed by atoms with E-state index in [1.807, 2.05) is 25.1 Å². The summed E-state index contributed by atoms with van der Waals surface area (Å²) < 4.78 is 20.0. The van der Waals surface area contributed by atoms with Gasteiger partial charge in [0.05, 0.1) is 17.4 Å². The molecule has 0 aliphatic carbocycles. The van der Waals surface area contributed by atoms with Crippen LogP contribution in [0.25, 0.3) is 11.1 Å². The van der Waals surface area contributed by atoms with Crippen molar-refractivity contribution in [2.24, 2.45) is 0 Å². The molecule has 0 unspecified atom stereocenters. The van der Waals surface area contributed by atoms with Crippen molar-refractivity contribution in [3.8, 4) is 16.9 Å². The minimum atomic E-state index is -0.347. The molecule has 3 aromatic carbocycles. The van der Waals surface area contributed by atoms with E-state index in [0.717, 1.165) is 0 Å². The van der Waals surface area contributed by atoms with Crippen molar-refractivity contribution >= 4 is 23.2 Å². The van der Waals surface area contributed by atoms with Crippen LogP contribution in [0.15, 0.2) is 72.8 Å². The highest BCUT2D eigenvalue weighted by Gasteiger charge is 2.34. The molecule has 1 aliphatic heterocycles. The highest BCUT2D eigenvalue weighted by Crippen LogP contribution is 2.39. The van der Waals surface area contributed by atoms with Crippen LogP contribution < -0.4 is 14.5 Å². The molecule has 0 bridgehead atoms. The molecule has 0 fully saturated rings. The summed E-state index contributed by atoms with van der Waals surface area (Å²) in [5.41, 5.74) is 2.26. The second kappa shape index (κ2) is 8.60. The fourth-order valence-electron chi connectivity index (χ4n) is 3.94. The van der Waals surface area contributed by atoms with Crippen molar-refractivity contribution in [1.82, 2.24) is 0 Å². The number of hydrogen-bond donors (Lipinski definition) is 0. The Bertz CT molecular complexity index is 1120. The molecule has 3 aromatic rings. The monoisotopic (exact) mass is 418 g/mol. The van der Waals surface area contributed by atoms with Gasteiger partial charge in [-0.15, -0.1) is 0 Å². The molecule has 0 N–H and O–H groups in total. The maximum Gasteiger partial charge on any atom is 0.265 e. The highest BCUT2D eigenvalue weighted by molar-refractivity contribution is 6.05. The molecular weight excluding hydrogens is 395 g/mol. The molecule has 0 saturated carbocycles. The molecule has 6 heteroatoms. The lowest BCUT2D eigenvalue weighted by atomic mass is 10.00. The van der Waals surface area contributed by atoms with Crippen molar-refractivity contribution in [1.29, 1.82) is 0 Å². The average Bonchev–Trinajstić information content (AvgIpc) is 2.77. The zero-order valence-corrected chi connectivity index (χ0v) is 17.4. The van der Waals surface area contributed by atoms with E-state index in [4.69, 9.17) is 4.74 Å². The van der Waals surface area contributed by atoms with Crippen LogP contribution in [0.2, 0.25) is 0 Å². The van der Waals surface area contributed by atoms with Gasteiger partial charge >= 0.3 is 0 Å². The predicted molar refractivity (Wildman–Crippen MR) is 119 cm³/mol. The van der Waals surface area contributed by atoms with E-state index in [1.54, 1.807) is 58.3 Å². The second-order valence-corrected chi connectivity index (χ2v) is 7.53. The Morgan fingerprint density at radius 3 is 2.42 bits per heavy atom. The van der Waals surface area contributed by atoms with Gasteiger partial charge in [-0.25, -0.2) is 4.39 Å². The van der Waals surface area contributed by atoms with Gasteiger partial charge in [0.2, 0.25) is 5.91 Å². The average molecular weight is 418 g/mol. The van der Waals surface area contributed by atoms with E-state index in [9.17, 15) is 14.0 Å². The third-order valence-electron chi connectivity index (χ3n) is 5.34. The highest BCUT2D eigenvalue weighted by atomic mass is 19.1. The molecule has 0 saturated heterocycles. The molecule has 0 spiro atoms. The summed E-state index contributed by atoms with van der Waals surface area (Å²) in [5, 5.41) is 0. The minimum absolute atomic E-state index is 0.111. The van der Waals surface area contributed by atoms with E-state index in [-0.39, 0.29) is 30.3 Å². The lowest BCUT2D eigenvalue weighted by Gasteiger charge is -2.41. The van der Waals surface area contributed by atoms with Crippen LogP contribution in [0.5, 0.6) is 5.75 Å². The van der Waals surface area contributed by atoms with E-state index in [2.05, 4.69) is 0 Å². The number of fused-ring (bicyclic) bond motifs is 1. The lowest BCUT2D eigenvalue weighted by molar-refractivity contribution is -0.121. The van der Waals surface area contributed by atoms with Crippen LogP contribution in [-0.4, -0.2) is 31.0 Å². The number of benzene rings is 3. The van der Waals surface area contributed by atoms with E-state index < -0.39 is 0 Å². The third-order valence-corrected chi connectivity index (χ3v) is 5.34. The van der Waals surface area contributed by atoms with Crippen LogP contribution in [0.3, 0.4) is 0 Å². The molecule has 0 radical (unpaired) electrons. The Hall–Kier alpha value is -3.67. The quantitative estimate of drug-likeness (QED) is 0.619. The van der Waals surface area contributed by atoms with Gasteiger partial charge in [0.15, 0.2) is 6.61 Å². The van der Waals surface area contributed by atoms with Gasteiger partial charge in [0, 0.05) is 19.0 Å². The Balaban J connectivity index is 1.71. The van der Waals surface area contributed by atoms with Gasteiger partial charge < -0.3 is 14.5 Å². The molecule has 4 rings (SSSR count). The Labute approximate surface area is 180 Å². The van der Waals surface area contributed by atoms with Gasteiger partial charge in [-0.2, -0.15) is 0 Å². The first kappa shape index (κ1) is 20.6. The van der Waals surface area contributed by atoms with Gasteiger partial charge in [-0.05, 0) is 42.8 Å². The summed E-state index contributed by atoms with van der Waals surface area (Å²) in [4.78, 5) is 28.7. The van der Waals surface area contributed by atoms with E-state index >= 15 is 0 Å². The maximum absolute atomic E-state index is 14.4. The second-order valence-electron chi connectivity index (χ2n) is 7.53. The van der Waals surface area contributed by atoms with Crippen molar-refractivity contribution in [3.05, 3.63) is 78.6 Å². The number of para-hydroxylation sites is 1. The number of carbonyl (C=O) groups is 2. The van der Waals surface area contributed by atoms with Crippen LogP contribution in [0, 0.1) is 5.82 Å². The van der Waals surface area contributed by atoms with Crippen molar-refractivity contribution in [2.45, 2.75) is 19.9 Å². The normalized spacial score (nSPS) is 15.4.